The van der Waals surface area contributed by atoms with Gasteiger partial charge in [-0.25, -0.2) is 4.90 Å². The molecule has 0 bridgehead atoms. The van der Waals surface area contributed by atoms with Gasteiger partial charge >= 0.3 is 0 Å². The van der Waals surface area contributed by atoms with Crippen molar-refractivity contribution in [3.05, 3.63) is 97.5 Å². The number of nitro groups is 1. The number of hydrogen-bond donors (Lipinski definition) is 0. The first-order chi connectivity index (χ1) is 14.4. The number of nitro benzene ring substituents is 1. The lowest BCUT2D eigenvalue weighted by molar-refractivity contribution is -0.384. The first kappa shape index (κ1) is 19.8. The lowest BCUT2D eigenvalue weighted by Crippen LogP contribution is -2.30. The van der Waals surface area contributed by atoms with Crippen LogP contribution in [0.2, 0.25) is 0 Å². The molecule has 3 aromatic rings. The molecule has 0 aromatic heterocycles. The third-order valence-corrected chi connectivity index (χ3v) is 5.49. The summed E-state index contributed by atoms with van der Waals surface area (Å²) in [6.45, 7) is 0. The number of ether oxygens (including phenoxy) is 1. The van der Waals surface area contributed by atoms with Gasteiger partial charge in [-0.3, -0.25) is 19.7 Å². The Kier molecular flexibility index (Phi) is 5.09. The van der Waals surface area contributed by atoms with Crippen LogP contribution in [0.5, 0.6) is 5.75 Å². The van der Waals surface area contributed by atoms with E-state index in [9.17, 15) is 19.7 Å². The minimum Gasteiger partial charge on any atom is -0.497 e. The maximum Gasteiger partial charge on any atom is 0.294 e. The summed E-state index contributed by atoms with van der Waals surface area (Å²) in [4.78, 5) is 37.7. The Hall–Kier alpha value is -3.52. The minimum atomic E-state index is -0.582. The highest BCUT2D eigenvalue weighted by Crippen LogP contribution is 2.41. The van der Waals surface area contributed by atoms with Crippen molar-refractivity contribution in [2.75, 3.05) is 12.0 Å². The number of fused-ring (bicyclic) bond motifs is 1. The molecule has 0 unspecified atom stereocenters. The zero-order valence-corrected chi connectivity index (χ0v) is 17.4. The first-order valence-electron chi connectivity index (χ1n) is 8.98. The number of halogens is 1. The van der Waals surface area contributed by atoms with Crippen LogP contribution < -0.4 is 9.64 Å². The number of benzene rings is 3. The van der Waals surface area contributed by atoms with Crippen LogP contribution in [0, 0.1) is 10.1 Å². The van der Waals surface area contributed by atoms with E-state index in [1.165, 1.54) is 18.2 Å². The van der Waals surface area contributed by atoms with Gasteiger partial charge in [0.1, 0.15) is 11.4 Å². The number of carbonyl (C=O) groups excluding carboxylic acids is 2. The van der Waals surface area contributed by atoms with Gasteiger partial charge in [0, 0.05) is 10.5 Å². The molecule has 2 amide bonds. The van der Waals surface area contributed by atoms with Crippen LogP contribution in [-0.2, 0) is 6.42 Å². The fourth-order valence-corrected chi connectivity index (χ4v) is 4.15. The molecule has 0 spiro atoms. The second kappa shape index (κ2) is 7.72. The second-order valence-corrected chi connectivity index (χ2v) is 7.57. The van der Waals surface area contributed by atoms with E-state index in [0.717, 1.165) is 10.5 Å². The highest BCUT2D eigenvalue weighted by Gasteiger charge is 2.40. The van der Waals surface area contributed by atoms with Gasteiger partial charge in [0.25, 0.3) is 17.5 Å². The predicted molar refractivity (Wildman–Crippen MR) is 114 cm³/mol. The van der Waals surface area contributed by atoms with Crippen LogP contribution in [0.1, 0.15) is 31.8 Å². The molecule has 150 valence electrons. The number of methoxy groups -OCH3 is 1. The average molecular weight is 467 g/mol. The Morgan fingerprint density at radius 3 is 2.10 bits per heavy atom. The van der Waals surface area contributed by atoms with Gasteiger partial charge in [0.15, 0.2) is 0 Å². The van der Waals surface area contributed by atoms with Gasteiger partial charge in [-0.15, -0.1) is 0 Å². The standard InChI is InChI=1S/C22H15BrN2O5/c1-30-15-8-6-13(7-9-15)10-14-11-18(23)20(19(12-14)25(28)29)24-21(26)16-4-2-3-5-17(16)22(24)27/h2-9,11-12H,10H2,1H3. The molecular weight excluding hydrogens is 452 g/mol. The number of carbonyl (C=O) groups is 2. The molecule has 7 nitrogen and oxygen atoms in total. The number of hydrogen-bond acceptors (Lipinski definition) is 5. The summed E-state index contributed by atoms with van der Waals surface area (Å²) in [5, 5.41) is 11.8. The fraction of sp³-hybridized carbons (Fsp3) is 0.0909. The molecule has 1 aliphatic rings. The van der Waals surface area contributed by atoms with Gasteiger partial charge in [0.05, 0.1) is 23.2 Å². The largest absolute Gasteiger partial charge is 0.497 e. The van der Waals surface area contributed by atoms with Crippen molar-refractivity contribution < 1.29 is 19.2 Å². The van der Waals surface area contributed by atoms with Crippen LogP contribution in [0.15, 0.2) is 65.1 Å². The maximum absolute atomic E-state index is 12.8. The Balaban J connectivity index is 1.75. The number of imide groups is 1. The summed E-state index contributed by atoms with van der Waals surface area (Å²) in [6.07, 6.45) is 0.436. The topological polar surface area (TPSA) is 89.8 Å². The van der Waals surface area contributed by atoms with Crippen molar-refractivity contribution in [3.8, 4) is 5.75 Å². The van der Waals surface area contributed by atoms with E-state index >= 15 is 0 Å². The zero-order valence-electron chi connectivity index (χ0n) is 15.8. The van der Waals surface area contributed by atoms with Crippen molar-refractivity contribution in [3.63, 3.8) is 0 Å². The number of rotatable bonds is 5. The van der Waals surface area contributed by atoms with Gasteiger partial charge in [0.2, 0.25) is 0 Å². The van der Waals surface area contributed by atoms with Crippen LogP contribution in [0.25, 0.3) is 0 Å². The van der Waals surface area contributed by atoms with Crippen LogP contribution >= 0.6 is 15.9 Å². The Morgan fingerprint density at radius 1 is 0.967 bits per heavy atom. The molecule has 8 heteroatoms. The van der Waals surface area contributed by atoms with Gasteiger partial charge < -0.3 is 4.74 Å². The number of amides is 2. The highest BCUT2D eigenvalue weighted by molar-refractivity contribution is 9.10. The van der Waals surface area contributed by atoms with Crippen LogP contribution in [-0.4, -0.2) is 23.8 Å². The van der Waals surface area contributed by atoms with E-state index in [0.29, 0.717) is 22.2 Å². The van der Waals surface area contributed by atoms with Crippen molar-refractivity contribution >= 4 is 39.1 Å². The zero-order chi connectivity index (χ0) is 21.4. The van der Waals surface area contributed by atoms with Crippen LogP contribution in [0.4, 0.5) is 11.4 Å². The van der Waals surface area contributed by atoms with Crippen molar-refractivity contribution in [2.45, 2.75) is 6.42 Å². The number of anilines is 1. The summed E-state index contributed by atoms with van der Waals surface area (Å²) in [6, 6.07) is 16.8. The third-order valence-electron chi connectivity index (χ3n) is 4.88. The van der Waals surface area contributed by atoms with E-state index < -0.39 is 16.7 Å². The molecule has 0 fully saturated rings. The van der Waals surface area contributed by atoms with Crippen LogP contribution in [0.3, 0.4) is 0 Å². The SMILES string of the molecule is COc1ccc(Cc2cc(Br)c(N3C(=O)c4ccccc4C3=O)c([N+](=O)[O-])c2)cc1. The fourth-order valence-electron chi connectivity index (χ4n) is 3.47. The Bertz CT molecular complexity index is 1160. The lowest BCUT2D eigenvalue weighted by atomic mass is 10.0. The second-order valence-electron chi connectivity index (χ2n) is 6.72. The molecule has 1 heterocycles. The average Bonchev–Trinajstić information content (AvgIpc) is 2.99. The van der Waals surface area contributed by atoms with E-state index in [1.807, 2.05) is 24.3 Å². The lowest BCUT2D eigenvalue weighted by Gasteiger charge is -2.17. The summed E-state index contributed by atoms with van der Waals surface area (Å²) in [5.74, 6) is -0.448. The molecule has 0 saturated carbocycles. The maximum atomic E-state index is 12.8. The summed E-state index contributed by atoms with van der Waals surface area (Å²) in [7, 11) is 1.58. The normalized spacial score (nSPS) is 12.8. The van der Waals surface area contributed by atoms with E-state index in [-0.39, 0.29) is 22.5 Å². The van der Waals surface area contributed by atoms with Crippen molar-refractivity contribution in [2.24, 2.45) is 0 Å². The first-order valence-corrected chi connectivity index (χ1v) is 9.77. The summed E-state index contributed by atoms with van der Waals surface area (Å²) >= 11 is 3.34. The summed E-state index contributed by atoms with van der Waals surface area (Å²) < 4.78 is 5.44. The Morgan fingerprint density at radius 2 is 1.57 bits per heavy atom. The molecule has 0 saturated heterocycles. The smallest absolute Gasteiger partial charge is 0.294 e. The summed E-state index contributed by atoms with van der Waals surface area (Å²) in [5.41, 5.74) is 1.67. The van der Waals surface area contributed by atoms with Gasteiger partial charge in [-0.2, -0.15) is 0 Å². The van der Waals surface area contributed by atoms with Gasteiger partial charge in [-0.1, -0.05) is 24.3 Å². The monoisotopic (exact) mass is 466 g/mol. The number of nitrogens with zero attached hydrogens (tertiary/aromatic N) is 2. The molecule has 0 aliphatic carbocycles. The molecule has 30 heavy (non-hydrogen) atoms. The molecule has 3 aromatic carbocycles. The van der Waals surface area contributed by atoms with E-state index in [4.69, 9.17) is 4.74 Å². The van der Waals surface area contributed by atoms with Crippen molar-refractivity contribution in [1.82, 2.24) is 0 Å². The third kappa shape index (κ3) is 3.35. The predicted octanol–water partition coefficient (Wildman–Crippen LogP) is 4.76. The molecule has 0 radical (unpaired) electrons. The van der Waals surface area contributed by atoms with E-state index in [1.54, 1.807) is 25.3 Å². The van der Waals surface area contributed by atoms with Crippen molar-refractivity contribution in [1.29, 1.82) is 0 Å². The van der Waals surface area contributed by atoms with Gasteiger partial charge in [-0.05, 0) is 63.8 Å². The molecule has 1 aliphatic heterocycles. The minimum absolute atomic E-state index is 0.0651. The van der Waals surface area contributed by atoms with E-state index in [2.05, 4.69) is 15.9 Å². The Labute approximate surface area is 180 Å². The highest BCUT2D eigenvalue weighted by atomic mass is 79.9. The molecule has 4 rings (SSSR count). The molecular formula is C22H15BrN2O5. The molecule has 0 atom stereocenters. The molecule has 0 N–H and O–H groups in total. The quantitative estimate of drug-likeness (QED) is 0.307.